The van der Waals surface area contributed by atoms with E-state index in [0.717, 1.165) is 5.56 Å². The van der Waals surface area contributed by atoms with Crippen molar-refractivity contribution in [2.24, 2.45) is 0 Å². The van der Waals surface area contributed by atoms with Gasteiger partial charge in [-0.2, -0.15) is 0 Å². The second-order valence-electron chi connectivity index (χ2n) is 5.89. The molecule has 144 valence electrons. The molecular weight excluding hydrogens is 401 g/mol. The molecule has 1 heterocycles. The third kappa shape index (κ3) is 4.35. The second kappa shape index (κ2) is 8.46. The van der Waals surface area contributed by atoms with Gasteiger partial charge in [-0.05, 0) is 49.4 Å². The van der Waals surface area contributed by atoms with E-state index >= 15 is 0 Å². The molecule has 3 rings (SSSR count). The standard InChI is InChI=1S/C20H17Cl2N3O3/c1-3-28-20(27)17-11-25(18-9-6-14(21)10-16(18)22)19(24-17)13-4-7-15(8-5-13)23-12(2)26/h4-11H,3H2,1-2H3,(H,23,26). The highest BCUT2D eigenvalue weighted by Crippen LogP contribution is 2.30. The van der Waals surface area contributed by atoms with Crippen LogP contribution in [-0.4, -0.2) is 28.0 Å². The van der Waals surface area contributed by atoms with Gasteiger partial charge < -0.3 is 10.1 Å². The van der Waals surface area contributed by atoms with Crippen molar-refractivity contribution in [2.45, 2.75) is 13.8 Å². The number of nitrogens with zero attached hydrogens (tertiary/aromatic N) is 2. The monoisotopic (exact) mass is 417 g/mol. The van der Waals surface area contributed by atoms with E-state index in [0.29, 0.717) is 27.2 Å². The molecule has 0 unspecified atom stereocenters. The maximum Gasteiger partial charge on any atom is 0.358 e. The molecule has 1 N–H and O–H groups in total. The first kappa shape index (κ1) is 19.9. The number of amides is 1. The van der Waals surface area contributed by atoms with E-state index in [1.165, 1.54) is 6.92 Å². The van der Waals surface area contributed by atoms with Crippen molar-refractivity contribution < 1.29 is 14.3 Å². The van der Waals surface area contributed by atoms with E-state index in [-0.39, 0.29) is 18.2 Å². The smallest absolute Gasteiger partial charge is 0.358 e. The molecule has 8 heteroatoms. The minimum absolute atomic E-state index is 0.160. The lowest BCUT2D eigenvalue weighted by atomic mass is 10.2. The zero-order valence-electron chi connectivity index (χ0n) is 15.2. The number of nitrogens with one attached hydrogen (secondary N) is 1. The quantitative estimate of drug-likeness (QED) is 0.593. The first-order valence-corrected chi connectivity index (χ1v) is 9.24. The minimum atomic E-state index is -0.526. The zero-order valence-corrected chi connectivity index (χ0v) is 16.7. The van der Waals surface area contributed by atoms with Gasteiger partial charge >= 0.3 is 5.97 Å². The lowest BCUT2D eigenvalue weighted by Crippen LogP contribution is -2.05. The molecule has 1 aromatic heterocycles. The number of hydrogen-bond acceptors (Lipinski definition) is 4. The Labute approximate surface area is 172 Å². The van der Waals surface area contributed by atoms with Gasteiger partial charge in [0.15, 0.2) is 5.69 Å². The summed E-state index contributed by atoms with van der Waals surface area (Å²) in [4.78, 5) is 27.8. The highest BCUT2D eigenvalue weighted by molar-refractivity contribution is 6.35. The van der Waals surface area contributed by atoms with Gasteiger partial charge in [0, 0.05) is 29.4 Å². The first-order valence-electron chi connectivity index (χ1n) is 8.49. The van der Waals surface area contributed by atoms with Crippen LogP contribution >= 0.6 is 23.2 Å². The number of rotatable bonds is 5. The Bertz CT molecular complexity index is 1030. The lowest BCUT2D eigenvalue weighted by molar-refractivity contribution is -0.114. The van der Waals surface area contributed by atoms with Crippen LogP contribution in [0.15, 0.2) is 48.7 Å². The van der Waals surface area contributed by atoms with Crippen LogP contribution in [0.25, 0.3) is 17.1 Å². The van der Waals surface area contributed by atoms with Crippen molar-refractivity contribution in [2.75, 3.05) is 11.9 Å². The van der Waals surface area contributed by atoms with Crippen molar-refractivity contribution in [1.82, 2.24) is 9.55 Å². The molecule has 0 bridgehead atoms. The van der Waals surface area contributed by atoms with E-state index in [9.17, 15) is 9.59 Å². The van der Waals surface area contributed by atoms with E-state index in [1.807, 2.05) is 0 Å². The Morgan fingerprint density at radius 3 is 2.46 bits per heavy atom. The molecule has 0 saturated heterocycles. The fourth-order valence-corrected chi connectivity index (χ4v) is 3.15. The maximum absolute atomic E-state index is 12.2. The van der Waals surface area contributed by atoms with Gasteiger partial charge in [-0.1, -0.05) is 23.2 Å². The van der Waals surface area contributed by atoms with E-state index in [4.69, 9.17) is 27.9 Å². The highest BCUT2D eigenvalue weighted by atomic mass is 35.5. The molecule has 0 aliphatic carbocycles. The largest absolute Gasteiger partial charge is 0.461 e. The van der Waals surface area contributed by atoms with E-state index in [2.05, 4.69) is 10.3 Å². The van der Waals surface area contributed by atoms with Crippen LogP contribution in [0.2, 0.25) is 10.0 Å². The predicted octanol–water partition coefficient (Wildman–Crippen LogP) is 4.98. The molecule has 0 fully saturated rings. The molecular formula is C20H17Cl2N3O3. The maximum atomic E-state index is 12.2. The van der Waals surface area contributed by atoms with Crippen molar-refractivity contribution in [3.63, 3.8) is 0 Å². The average Bonchev–Trinajstić information content (AvgIpc) is 3.07. The summed E-state index contributed by atoms with van der Waals surface area (Å²) in [6.45, 7) is 3.41. The van der Waals surface area contributed by atoms with Gasteiger partial charge in [-0.15, -0.1) is 0 Å². The number of carbonyl (C=O) groups is 2. The molecule has 0 aliphatic rings. The molecule has 2 aromatic carbocycles. The van der Waals surface area contributed by atoms with Crippen molar-refractivity contribution in [1.29, 1.82) is 0 Å². The fraction of sp³-hybridized carbons (Fsp3) is 0.150. The number of anilines is 1. The Hall–Kier alpha value is -2.83. The zero-order chi connectivity index (χ0) is 20.3. The first-order chi connectivity index (χ1) is 13.4. The third-order valence-electron chi connectivity index (χ3n) is 3.82. The molecule has 28 heavy (non-hydrogen) atoms. The number of hydrogen-bond donors (Lipinski definition) is 1. The molecule has 0 spiro atoms. The SMILES string of the molecule is CCOC(=O)c1cn(-c2ccc(Cl)cc2Cl)c(-c2ccc(NC(C)=O)cc2)n1. The van der Waals surface area contributed by atoms with E-state index < -0.39 is 5.97 Å². The van der Waals surface area contributed by atoms with Crippen LogP contribution in [-0.2, 0) is 9.53 Å². The summed E-state index contributed by atoms with van der Waals surface area (Å²) in [6.07, 6.45) is 1.57. The topological polar surface area (TPSA) is 73.2 Å². The number of ether oxygens (including phenoxy) is 1. The number of benzene rings is 2. The molecule has 0 radical (unpaired) electrons. The van der Waals surface area contributed by atoms with Crippen LogP contribution < -0.4 is 5.32 Å². The predicted molar refractivity (Wildman–Crippen MR) is 109 cm³/mol. The number of imidazole rings is 1. The average molecular weight is 418 g/mol. The summed E-state index contributed by atoms with van der Waals surface area (Å²) in [5.41, 5.74) is 2.17. The van der Waals surface area contributed by atoms with Gasteiger partial charge in [-0.25, -0.2) is 9.78 Å². The number of halogens is 2. The van der Waals surface area contributed by atoms with Crippen molar-refractivity contribution in [3.8, 4) is 17.1 Å². The summed E-state index contributed by atoms with van der Waals surface area (Å²) in [7, 11) is 0. The second-order valence-corrected chi connectivity index (χ2v) is 6.74. The van der Waals surface area contributed by atoms with Crippen LogP contribution in [0, 0.1) is 0 Å². The van der Waals surface area contributed by atoms with Gasteiger partial charge in [0.05, 0.1) is 17.3 Å². The van der Waals surface area contributed by atoms with Gasteiger partial charge in [0.2, 0.25) is 5.91 Å². The van der Waals surface area contributed by atoms with Crippen LogP contribution in [0.3, 0.4) is 0 Å². The lowest BCUT2D eigenvalue weighted by Gasteiger charge is -2.10. The fourth-order valence-electron chi connectivity index (χ4n) is 2.65. The molecule has 0 saturated carbocycles. The van der Waals surface area contributed by atoms with Gasteiger partial charge in [-0.3, -0.25) is 9.36 Å². The minimum Gasteiger partial charge on any atom is -0.461 e. The van der Waals surface area contributed by atoms with E-state index in [1.54, 1.807) is 60.2 Å². The normalized spacial score (nSPS) is 10.6. The summed E-state index contributed by atoms with van der Waals surface area (Å²) >= 11 is 12.4. The van der Waals surface area contributed by atoms with Crippen LogP contribution in [0.4, 0.5) is 5.69 Å². The number of esters is 1. The van der Waals surface area contributed by atoms with Crippen molar-refractivity contribution in [3.05, 3.63) is 64.4 Å². The van der Waals surface area contributed by atoms with Crippen molar-refractivity contribution >= 4 is 40.8 Å². The number of carbonyl (C=O) groups excluding carboxylic acids is 2. The third-order valence-corrected chi connectivity index (χ3v) is 4.36. The summed E-state index contributed by atoms with van der Waals surface area (Å²) in [6, 6.07) is 12.2. The van der Waals surface area contributed by atoms with Crippen LogP contribution in [0.1, 0.15) is 24.3 Å². The summed E-state index contributed by atoms with van der Waals surface area (Å²) < 4.78 is 6.77. The Balaban J connectivity index is 2.10. The Morgan fingerprint density at radius 2 is 1.86 bits per heavy atom. The number of aromatic nitrogens is 2. The summed E-state index contributed by atoms with van der Waals surface area (Å²) in [5.74, 6) is -0.184. The molecule has 0 atom stereocenters. The Morgan fingerprint density at radius 1 is 1.14 bits per heavy atom. The van der Waals surface area contributed by atoms with Crippen LogP contribution in [0.5, 0.6) is 0 Å². The van der Waals surface area contributed by atoms with Gasteiger partial charge in [0.1, 0.15) is 5.82 Å². The molecule has 0 aliphatic heterocycles. The Kier molecular flexibility index (Phi) is 6.02. The van der Waals surface area contributed by atoms with Gasteiger partial charge in [0.25, 0.3) is 0 Å². The summed E-state index contributed by atoms with van der Waals surface area (Å²) in [5, 5.41) is 3.62. The highest BCUT2D eigenvalue weighted by Gasteiger charge is 2.19. The molecule has 3 aromatic rings. The molecule has 1 amide bonds. The molecule has 6 nitrogen and oxygen atoms in total.